The SMILES string of the molecule is CC(Oc1ccc(Cl)c(Cl)c1)C(=O)NC1(C(=O)O)CCOCC1. The van der Waals surface area contributed by atoms with Gasteiger partial charge in [-0.2, -0.15) is 0 Å². The van der Waals surface area contributed by atoms with E-state index >= 15 is 0 Å². The van der Waals surface area contributed by atoms with Gasteiger partial charge in [0.15, 0.2) is 6.10 Å². The first-order chi connectivity index (χ1) is 10.8. The Labute approximate surface area is 143 Å². The Bertz CT molecular complexity index is 602. The molecule has 0 aromatic heterocycles. The van der Waals surface area contributed by atoms with Crippen LogP contribution in [0.25, 0.3) is 0 Å². The van der Waals surface area contributed by atoms with Crippen molar-refractivity contribution < 1.29 is 24.2 Å². The number of aliphatic carboxylic acids is 1. The smallest absolute Gasteiger partial charge is 0.329 e. The van der Waals surface area contributed by atoms with Gasteiger partial charge in [0.05, 0.1) is 10.0 Å². The molecule has 1 fully saturated rings. The number of carboxylic acid groups (broad SMARTS) is 1. The van der Waals surface area contributed by atoms with E-state index in [0.29, 0.717) is 15.8 Å². The molecule has 2 N–H and O–H groups in total. The molecule has 0 spiro atoms. The fourth-order valence-corrected chi connectivity index (χ4v) is 2.55. The third kappa shape index (κ3) is 4.28. The molecule has 126 valence electrons. The molecule has 1 aromatic rings. The normalized spacial score (nSPS) is 18.0. The van der Waals surface area contributed by atoms with E-state index in [9.17, 15) is 14.7 Å². The monoisotopic (exact) mass is 361 g/mol. The molecular formula is C15H17Cl2NO5. The van der Waals surface area contributed by atoms with Gasteiger partial charge in [0, 0.05) is 32.1 Å². The number of benzene rings is 1. The molecule has 2 rings (SSSR count). The minimum Gasteiger partial charge on any atom is -0.481 e. The number of amides is 1. The van der Waals surface area contributed by atoms with Crippen LogP contribution in [0.1, 0.15) is 19.8 Å². The lowest BCUT2D eigenvalue weighted by molar-refractivity contribution is -0.153. The maximum Gasteiger partial charge on any atom is 0.329 e. The number of ether oxygens (including phenoxy) is 2. The van der Waals surface area contributed by atoms with E-state index in [4.69, 9.17) is 32.7 Å². The summed E-state index contributed by atoms with van der Waals surface area (Å²) in [5.41, 5.74) is -1.31. The van der Waals surface area contributed by atoms with Gasteiger partial charge in [0.25, 0.3) is 5.91 Å². The van der Waals surface area contributed by atoms with E-state index in [1.165, 1.54) is 13.0 Å². The van der Waals surface area contributed by atoms with Crippen LogP contribution in [0.15, 0.2) is 18.2 Å². The van der Waals surface area contributed by atoms with Crippen LogP contribution in [-0.4, -0.2) is 41.8 Å². The molecule has 1 aromatic carbocycles. The molecule has 23 heavy (non-hydrogen) atoms. The van der Waals surface area contributed by atoms with Gasteiger partial charge in [-0.05, 0) is 19.1 Å². The van der Waals surface area contributed by atoms with E-state index < -0.39 is 23.5 Å². The highest BCUT2D eigenvalue weighted by atomic mass is 35.5. The lowest BCUT2D eigenvalue weighted by Gasteiger charge is -2.34. The molecular weight excluding hydrogens is 345 g/mol. The molecule has 0 saturated carbocycles. The minimum absolute atomic E-state index is 0.216. The van der Waals surface area contributed by atoms with Crippen LogP contribution >= 0.6 is 23.2 Å². The molecule has 8 heteroatoms. The van der Waals surface area contributed by atoms with Crippen LogP contribution in [0.5, 0.6) is 5.75 Å². The van der Waals surface area contributed by atoms with Crippen LogP contribution in [0.4, 0.5) is 0 Å². The number of rotatable bonds is 5. The third-order valence-electron chi connectivity index (χ3n) is 3.69. The van der Waals surface area contributed by atoms with Gasteiger partial charge in [-0.25, -0.2) is 4.79 Å². The van der Waals surface area contributed by atoms with Gasteiger partial charge in [0.2, 0.25) is 0 Å². The number of hydrogen-bond acceptors (Lipinski definition) is 4. The number of carboxylic acids is 1. The van der Waals surface area contributed by atoms with Crippen LogP contribution in [0.2, 0.25) is 10.0 Å². The molecule has 1 unspecified atom stereocenters. The van der Waals surface area contributed by atoms with Crippen molar-refractivity contribution >= 4 is 35.1 Å². The van der Waals surface area contributed by atoms with Crippen LogP contribution in [-0.2, 0) is 14.3 Å². The number of halogens is 2. The van der Waals surface area contributed by atoms with Crippen molar-refractivity contribution in [3.63, 3.8) is 0 Å². The molecule has 1 atom stereocenters. The first-order valence-electron chi connectivity index (χ1n) is 7.09. The summed E-state index contributed by atoms with van der Waals surface area (Å²) in [6.07, 6.45) is -0.451. The number of hydrogen-bond donors (Lipinski definition) is 2. The first-order valence-corrected chi connectivity index (χ1v) is 7.84. The van der Waals surface area contributed by atoms with Crippen LogP contribution in [0, 0.1) is 0 Å². The average Bonchev–Trinajstić information content (AvgIpc) is 2.51. The van der Waals surface area contributed by atoms with Crippen LogP contribution in [0.3, 0.4) is 0 Å². The van der Waals surface area contributed by atoms with Gasteiger partial charge >= 0.3 is 5.97 Å². The van der Waals surface area contributed by atoms with Crippen LogP contribution < -0.4 is 10.1 Å². The summed E-state index contributed by atoms with van der Waals surface area (Å²) in [4.78, 5) is 23.8. The predicted octanol–water partition coefficient (Wildman–Crippen LogP) is 2.51. The summed E-state index contributed by atoms with van der Waals surface area (Å²) in [7, 11) is 0. The molecule has 1 amide bonds. The fraction of sp³-hybridized carbons (Fsp3) is 0.467. The largest absolute Gasteiger partial charge is 0.481 e. The Morgan fingerprint density at radius 1 is 1.30 bits per heavy atom. The second kappa shape index (κ2) is 7.38. The molecule has 1 heterocycles. The summed E-state index contributed by atoms with van der Waals surface area (Å²) in [6, 6.07) is 4.63. The van der Waals surface area contributed by atoms with Crippen molar-refractivity contribution in [3.05, 3.63) is 28.2 Å². The van der Waals surface area contributed by atoms with E-state index in [0.717, 1.165) is 0 Å². The molecule has 1 aliphatic rings. The quantitative estimate of drug-likeness (QED) is 0.841. The van der Waals surface area contributed by atoms with E-state index in [2.05, 4.69) is 5.32 Å². The number of nitrogens with one attached hydrogen (secondary N) is 1. The number of carbonyl (C=O) groups excluding carboxylic acids is 1. The Kier molecular flexibility index (Phi) is 5.73. The Hall–Kier alpha value is -1.50. The van der Waals surface area contributed by atoms with Gasteiger partial charge in [0.1, 0.15) is 11.3 Å². The van der Waals surface area contributed by atoms with Gasteiger partial charge < -0.3 is 19.9 Å². The molecule has 1 saturated heterocycles. The van der Waals surface area contributed by atoms with Crippen molar-refractivity contribution in [3.8, 4) is 5.75 Å². The van der Waals surface area contributed by atoms with E-state index in [1.807, 2.05) is 0 Å². The van der Waals surface area contributed by atoms with Gasteiger partial charge in [-0.15, -0.1) is 0 Å². The summed E-state index contributed by atoms with van der Waals surface area (Å²) in [5, 5.41) is 12.7. The zero-order chi connectivity index (χ0) is 17.0. The maximum absolute atomic E-state index is 12.3. The standard InChI is InChI=1S/C15H17Cl2NO5/c1-9(23-10-2-3-11(16)12(17)8-10)13(19)18-15(14(20)21)4-6-22-7-5-15/h2-3,8-9H,4-7H2,1H3,(H,18,19)(H,20,21). The van der Waals surface area contributed by atoms with Crippen molar-refractivity contribution in [2.45, 2.75) is 31.4 Å². The van der Waals surface area contributed by atoms with Crippen molar-refractivity contribution in [1.82, 2.24) is 5.32 Å². The Morgan fingerprint density at radius 3 is 2.52 bits per heavy atom. The molecule has 0 bridgehead atoms. The predicted molar refractivity (Wildman–Crippen MR) is 85.1 cm³/mol. The van der Waals surface area contributed by atoms with Crippen molar-refractivity contribution in [1.29, 1.82) is 0 Å². The third-order valence-corrected chi connectivity index (χ3v) is 4.43. The average molecular weight is 362 g/mol. The summed E-state index contributed by atoms with van der Waals surface area (Å²) in [5.74, 6) is -1.21. The fourth-order valence-electron chi connectivity index (χ4n) is 2.26. The van der Waals surface area contributed by atoms with Crippen molar-refractivity contribution in [2.24, 2.45) is 0 Å². The summed E-state index contributed by atoms with van der Waals surface area (Å²) < 4.78 is 10.7. The van der Waals surface area contributed by atoms with E-state index in [1.54, 1.807) is 12.1 Å². The lowest BCUT2D eigenvalue weighted by atomic mass is 9.90. The molecule has 6 nitrogen and oxygen atoms in total. The Morgan fingerprint density at radius 2 is 1.96 bits per heavy atom. The molecule has 1 aliphatic heterocycles. The van der Waals surface area contributed by atoms with E-state index in [-0.39, 0.29) is 26.1 Å². The highest BCUT2D eigenvalue weighted by Gasteiger charge is 2.42. The Balaban J connectivity index is 2.03. The first kappa shape index (κ1) is 17.8. The zero-order valence-corrected chi connectivity index (χ0v) is 14.0. The van der Waals surface area contributed by atoms with Gasteiger partial charge in [-0.3, -0.25) is 4.79 Å². The topological polar surface area (TPSA) is 84.9 Å². The molecule has 0 radical (unpaired) electrons. The second-order valence-corrected chi connectivity index (χ2v) is 6.14. The highest BCUT2D eigenvalue weighted by Crippen LogP contribution is 2.27. The minimum atomic E-state index is -1.31. The number of carbonyl (C=O) groups is 2. The maximum atomic E-state index is 12.3. The second-order valence-electron chi connectivity index (χ2n) is 5.32. The highest BCUT2D eigenvalue weighted by molar-refractivity contribution is 6.42. The zero-order valence-electron chi connectivity index (χ0n) is 12.5. The lowest BCUT2D eigenvalue weighted by Crippen LogP contribution is -2.59. The van der Waals surface area contributed by atoms with Crippen molar-refractivity contribution in [2.75, 3.05) is 13.2 Å². The molecule has 0 aliphatic carbocycles. The summed E-state index contributed by atoms with van der Waals surface area (Å²) in [6.45, 7) is 2.11. The summed E-state index contributed by atoms with van der Waals surface area (Å²) >= 11 is 11.7. The van der Waals surface area contributed by atoms with Gasteiger partial charge in [-0.1, -0.05) is 23.2 Å².